The maximum absolute atomic E-state index is 5.78. The summed E-state index contributed by atoms with van der Waals surface area (Å²) in [5, 5.41) is 3.21. The number of nitrogen functional groups attached to an aromatic ring is 1. The molecule has 6 heteroatoms. The third-order valence-electron chi connectivity index (χ3n) is 2.67. The number of aromatic nitrogens is 2. The molecule has 0 fully saturated rings. The summed E-state index contributed by atoms with van der Waals surface area (Å²) >= 11 is 3.51. The number of nitrogens with two attached hydrogens (primary N) is 1. The van der Waals surface area contributed by atoms with Crippen LogP contribution in [0.4, 0.5) is 17.3 Å². The first-order chi connectivity index (χ1) is 9.58. The summed E-state index contributed by atoms with van der Waals surface area (Å²) < 4.78 is 6.34. The van der Waals surface area contributed by atoms with Gasteiger partial charge in [-0.1, -0.05) is 22.0 Å². The van der Waals surface area contributed by atoms with E-state index in [1.807, 2.05) is 32.0 Å². The molecule has 0 aliphatic carbocycles. The van der Waals surface area contributed by atoms with Crippen molar-refractivity contribution in [3.8, 4) is 0 Å². The molecular formula is C14H17BrN4O. The summed E-state index contributed by atoms with van der Waals surface area (Å²) in [7, 11) is 0. The van der Waals surface area contributed by atoms with Gasteiger partial charge in [0.05, 0.1) is 0 Å². The predicted molar refractivity (Wildman–Crippen MR) is 83.9 cm³/mol. The van der Waals surface area contributed by atoms with Crippen LogP contribution in [-0.2, 0) is 11.3 Å². The lowest BCUT2D eigenvalue weighted by molar-refractivity contribution is 0.128. The SMILES string of the molecule is CCOCc1nc(N)cc(Nc2ccc(C)c(Br)c2)n1. The Bertz CT molecular complexity index is 604. The van der Waals surface area contributed by atoms with Crippen molar-refractivity contribution in [1.82, 2.24) is 9.97 Å². The molecule has 0 amide bonds. The van der Waals surface area contributed by atoms with E-state index < -0.39 is 0 Å². The Balaban J connectivity index is 2.19. The zero-order chi connectivity index (χ0) is 14.5. The van der Waals surface area contributed by atoms with Crippen molar-refractivity contribution in [3.63, 3.8) is 0 Å². The van der Waals surface area contributed by atoms with Crippen molar-refractivity contribution < 1.29 is 4.74 Å². The Hall–Kier alpha value is -1.66. The third kappa shape index (κ3) is 3.91. The van der Waals surface area contributed by atoms with Crippen LogP contribution in [0.15, 0.2) is 28.7 Å². The summed E-state index contributed by atoms with van der Waals surface area (Å²) in [5.41, 5.74) is 7.89. The Morgan fingerprint density at radius 2 is 2.10 bits per heavy atom. The number of benzene rings is 1. The van der Waals surface area contributed by atoms with E-state index in [9.17, 15) is 0 Å². The average molecular weight is 337 g/mol. The van der Waals surface area contributed by atoms with Gasteiger partial charge in [0.1, 0.15) is 18.2 Å². The second-order valence-corrected chi connectivity index (χ2v) is 5.17. The molecule has 0 saturated carbocycles. The second-order valence-electron chi connectivity index (χ2n) is 4.32. The molecule has 0 aliphatic heterocycles. The fraction of sp³-hybridized carbons (Fsp3) is 0.286. The maximum Gasteiger partial charge on any atom is 0.158 e. The van der Waals surface area contributed by atoms with Crippen molar-refractivity contribution in [2.24, 2.45) is 0 Å². The van der Waals surface area contributed by atoms with Gasteiger partial charge in [-0.25, -0.2) is 9.97 Å². The summed E-state index contributed by atoms with van der Waals surface area (Å²) in [4.78, 5) is 8.51. The number of rotatable bonds is 5. The number of nitrogens with zero attached hydrogens (tertiary/aromatic N) is 2. The van der Waals surface area contributed by atoms with Crippen molar-refractivity contribution in [2.75, 3.05) is 17.7 Å². The topological polar surface area (TPSA) is 73.1 Å². The Labute approximate surface area is 126 Å². The van der Waals surface area contributed by atoms with Crippen molar-refractivity contribution in [3.05, 3.63) is 40.1 Å². The Morgan fingerprint density at radius 3 is 2.80 bits per heavy atom. The fourth-order valence-corrected chi connectivity index (χ4v) is 2.04. The number of aryl methyl sites for hydroxylation is 1. The third-order valence-corrected chi connectivity index (χ3v) is 3.53. The van der Waals surface area contributed by atoms with Gasteiger partial charge in [-0.05, 0) is 31.5 Å². The van der Waals surface area contributed by atoms with Crippen molar-refractivity contribution in [2.45, 2.75) is 20.5 Å². The number of hydrogen-bond acceptors (Lipinski definition) is 5. The van der Waals surface area contributed by atoms with E-state index >= 15 is 0 Å². The number of hydrogen-bond donors (Lipinski definition) is 2. The van der Waals surface area contributed by atoms with Gasteiger partial charge in [-0.2, -0.15) is 0 Å². The highest BCUT2D eigenvalue weighted by molar-refractivity contribution is 9.10. The van der Waals surface area contributed by atoms with Crippen LogP contribution in [0, 0.1) is 6.92 Å². The van der Waals surface area contributed by atoms with E-state index in [0.717, 1.165) is 10.2 Å². The standard InChI is InChI=1S/C14H17BrN4O/c1-3-20-8-14-18-12(16)7-13(19-14)17-10-5-4-9(2)11(15)6-10/h4-7H,3,8H2,1-2H3,(H3,16,17,18,19). The predicted octanol–water partition coefficient (Wildman–Crippen LogP) is 3.41. The van der Waals surface area contributed by atoms with Gasteiger partial charge in [0, 0.05) is 22.8 Å². The van der Waals surface area contributed by atoms with E-state index in [2.05, 4.69) is 31.2 Å². The molecule has 1 aromatic heterocycles. The van der Waals surface area contributed by atoms with Gasteiger partial charge in [-0.15, -0.1) is 0 Å². The lowest BCUT2D eigenvalue weighted by Gasteiger charge is -2.09. The van der Waals surface area contributed by atoms with E-state index in [1.165, 1.54) is 5.56 Å². The molecule has 20 heavy (non-hydrogen) atoms. The summed E-state index contributed by atoms with van der Waals surface area (Å²) in [6.45, 7) is 4.94. The first kappa shape index (κ1) is 14.7. The Morgan fingerprint density at radius 1 is 1.30 bits per heavy atom. The molecule has 3 N–H and O–H groups in total. The van der Waals surface area contributed by atoms with Crippen LogP contribution in [0.3, 0.4) is 0 Å². The van der Waals surface area contributed by atoms with Crippen LogP contribution < -0.4 is 11.1 Å². The van der Waals surface area contributed by atoms with E-state index in [1.54, 1.807) is 6.07 Å². The summed E-state index contributed by atoms with van der Waals surface area (Å²) in [6.07, 6.45) is 0. The molecule has 0 atom stereocenters. The molecule has 0 saturated heterocycles. The minimum Gasteiger partial charge on any atom is -0.384 e. The normalized spacial score (nSPS) is 10.6. The number of anilines is 3. The second kappa shape index (κ2) is 6.67. The molecule has 106 valence electrons. The molecule has 5 nitrogen and oxygen atoms in total. The molecule has 1 heterocycles. The highest BCUT2D eigenvalue weighted by atomic mass is 79.9. The fourth-order valence-electron chi connectivity index (χ4n) is 1.66. The van der Waals surface area contributed by atoms with Gasteiger partial charge in [0.2, 0.25) is 0 Å². The molecule has 0 unspecified atom stereocenters. The molecule has 2 rings (SSSR count). The largest absolute Gasteiger partial charge is 0.384 e. The van der Waals surface area contributed by atoms with Gasteiger partial charge in [0.25, 0.3) is 0 Å². The molecular weight excluding hydrogens is 320 g/mol. The summed E-state index contributed by atoms with van der Waals surface area (Å²) in [6, 6.07) is 7.71. The molecule has 0 radical (unpaired) electrons. The average Bonchev–Trinajstić information content (AvgIpc) is 2.40. The van der Waals surface area contributed by atoms with Crippen LogP contribution in [0.1, 0.15) is 18.3 Å². The monoisotopic (exact) mass is 336 g/mol. The molecule has 0 aliphatic rings. The minimum absolute atomic E-state index is 0.355. The van der Waals surface area contributed by atoms with Gasteiger partial charge >= 0.3 is 0 Å². The molecule has 1 aromatic carbocycles. The number of ether oxygens (including phenoxy) is 1. The first-order valence-corrected chi connectivity index (χ1v) is 7.12. The van der Waals surface area contributed by atoms with E-state index in [0.29, 0.717) is 30.7 Å². The van der Waals surface area contributed by atoms with Gasteiger partial charge < -0.3 is 15.8 Å². The smallest absolute Gasteiger partial charge is 0.158 e. The lowest BCUT2D eigenvalue weighted by atomic mass is 10.2. The van der Waals surface area contributed by atoms with Crippen LogP contribution >= 0.6 is 15.9 Å². The molecule has 0 bridgehead atoms. The van der Waals surface area contributed by atoms with Crippen molar-refractivity contribution >= 4 is 33.3 Å². The number of nitrogens with one attached hydrogen (secondary N) is 1. The minimum atomic E-state index is 0.355. The first-order valence-electron chi connectivity index (χ1n) is 6.33. The number of halogens is 1. The zero-order valence-corrected chi connectivity index (χ0v) is 13.1. The van der Waals surface area contributed by atoms with E-state index in [-0.39, 0.29) is 0 Å². The highest BCUT2D eigenvalue weighted by Crippen LogP contribution is 2.23. The molecule has 0 spiro atoms. The van der Waals surface area contributed by atoms with Crippen LogP contribution in [0.2, 0.25) is 0 Å². The van der Waals surface area contributed by atoms with Crippen molar-refractivity contribution in [1.29, 1.82) is 0 Å². The Kier molecular flexibility index (Phi) is 4.92. The quantitative estimate of drug-likeness (QED) is 0.875. The van der Waals surface area contributed by atoms with Crippen LogP contribution in [-0.4, -0.2) is 16.6 Å². The van der Waals surface area contributed by atoms with Crippen LogP contribution in [0.5, 0.6) is 0 Å². The summed E-state index contributed by atoms with van der Waals surface area (Å²) in [5.74, 6) is 1.65. The maximum atomic E-state index is 5.78. The zero-order valence-electron chi connectivity index (χ0n) is 11.5. The highest BCUT2D eigenvalue weighted by Gasteiger charge is 2.04. The van der Waals surface area contributed by atoms with E-state index in [4.69, 9.17) is 10.5 Å². The van der Waals surface area contributed by atoms with Gasteiger partial charge in [0.15, 0.2) is 5.82 Å². The lowest BCUT2D eigenvalue weighted by Crippen LogP contribution is -2.05. The van der Waals surface area contributed by atoms with Crippen LogP contribution in [0.25, 0.3) is 0 Å². The van der Waals surface area contributed by atoms with Gasteiger partial charge in [-0.3, -0.25) is 0 Å². The molecule has 2 aromatic rings.